The van der Waals surface area contributed by atoms with Crippen LogP contribution in [0.2, 0.25) is 10.0 Å². The summed E-state index contributed by atoms with van der Waals surface area (Å²) in [5, 5.41) is 12.3. The molecular weight excluding hydrogens is 327 g/mol. The molecule has 2 amide bonds. The maximum absolute atomic E-state index is 12.1. The van der Waals surface area contributed by atoms with Crippen LogP contribution in [-0.4, -0.2) is 24.0 Å². The summed E-state index contributed by atoms with van der Waals surface area (Å²) in [7, 11) is 1.46. The molecule has 0 aromatic heterocycles. The van der Waals surface area contributed by atoms with E-state index >= 15 is 0 Å². The minimum atomic E-state index is -0.834. The maximum Gasteiger partial charge on any atom is 0.316 e. The van der Waals surface area contributed by atoms with E-state index in [4.69, 9.17) is 23.2 Å². The number of amides is 2. The van der Waals surface area contributed by atoms with E-state index in [-0.39, 0.29) is 10.8 Å². The van der Waals surface area contributed by atoms with Crippen LogP contribution in [0.4, 0.5) is 11.4 Å². The molecule has 22 heavy (non-hydrogen) atoms. The molecule has 2 aromatic carbocycles. The van der Waals surface area contributed by atoms with Gasteiger partial charge in [0.05, 0.1) is 10.7 Å². The highest BCUT2D eigenvalue weighted by molar-refractivity contribution is 6.45. The number of nitrogens with one attached hydrogen (secondary N) is 1. The zero-order valence-electron chi connectivity index (χ0n) is 11.5. The van der Waals surface area contributed by atoms with Crippen molar-refractivity contribution >= 4 is 46.4 Å². The highest BCUT2D eigenvalue weighted by Gasteiger charge is 2.20. The Hall–Kier alpha value is -2.24. The lowest BCUT2D eigenvalue weighted by Crippen LogP contribution is -2.37. The monoisotopic (exact) mass is 338 g/mol. The van der Waals surface area contributed by atoms with E-state index in [9.17, 15) is 14.7 Å². The van der Waals surface area contributed by atoms with Crippen molar-refractivity contribution in [1.29, 1.82) is 0 Å². The Balaban J connectivity index is 2.11. The molecule has 0 unspecified atom stereocenters. The van der Waals surface area contributed by atoms with Crippen LogP contribution in [0, 0.1) is 0 Å². The third-order valence-corrected chi connectivity index (χ3v) is 3.46. The minimum Gasteiger partial charge on any atom is -0.508 e. The average molecular weight is 339 g/mol. The summed E-state index contributed by atoms with van der Waals surface area (Å²) >= 11 is 11.7. The first kappa shape index (κ1) is 16.1. The van der Waals surface area contributed by atoms with Crippen molar-refractivity contribution in [1.82, 2.24) is 0 Å². The molecule has 0 saturated heterocycles. The summed E-state index contributed by atoms with van der Waals surface area (Å²) in [4.78, 5) is 25.2. The SMILES string of the molecule is CN(C(=O)C(=O)Nc1ccc(Cl)cc1Cl)c1ccc(O)cc1. The minimum absolute atomic E-state index is 0.0713. The number of likely N-dealkylation sites (N-methyl/N-ethyl adjacent to an activating group) is 1. The molecular formula is C15H12Cl2N2O3. The van der Waals surface area contributed by atoms with Crippen molar-refractivity contribution in [3.63, 3.8) is 0 Å². The van der Waals surface area contributed by atoms with Gasteiger partial charge in [-0.3, -0.25) is 9.59 Å². The highest BCUT2D eigenvalue weighted by atomic mass is 35.5. The Bertz CT molecular complexity index is 717. The molecule has 0 spiro atoms. The summed E-state index contributed by atoms with van der Waals surface area (Å²) in [5.41, 5.74) is 0.767. The standard InChI is InChI=1S/C15H12Cl2N2O3/c1-19(10-3-5-11(20)6-4-10)15(22)14(21)18-13-7-2-9(16)8-12(13)17/h2-8,20H,1H3,(H,18,21). The van der Waals surface area contributed by atoms with Gasteiger partial charge in [-0.05, 0) is 42.5 Å². The first-order valence-electron chi connectivity index (χ1n) is 6.21. The summed E-state index contributed by atoms with van der Waals surface area (Å²) < 4.78 is 0. The molecule has 0 heterocycles. The third-order valence-electron chi connectivity index (χ3n) is 2.92. The third kappa shape index (κ3) is 3.69. The molecule has 5 nitrogen and oxygen atoms in total. The van der Waals surface area contributed by atoms with Crippen LogP contribution >= 0.6 is 23.2 Å². The molecule has 0 bridgehead atoms. The van der Waals surface area contributed by atoms with Gasteiger partial charge in [0.25, 0.3) is 0 Å². The predicted molar refractivity (Wildman–Crippen MR) is 86.6 cm³/mol. The first-order valence-corrected chi connectivity index (χ1v) is 6.97. The number of phenols is 1. The Morgan fingerprint density at radius 2 is 1.73 bits per heavy atom. The Labute approximate surface area is 137 Å². The van der Waals surface area contributed by atoms with Crippen molar-refractivity contribution in [2.45, 2.75) is 0 Å². The van der Waals surface area contributed by atoms with Gasteiger partial charge in [0.15, 0.2) is 0 Å². The van der Waals surface area contributed by atoms with Gasteiger partial charge in [-0.2, -0.15) is 0 Å². The van der Waals surface area contributed by atoms with Gasteiger partial charge in [0.1, 0.15) is 5.75 Å². The summed E-state index contributed by atoms with van der Waals surface area (Å²) in [6.07, 6.45) is 0. The fraction of sp³-hybridized carbons (Fsp3) is 0.0667. The molecule has 0 saturated carbocycles. The summed E-state index contributed by atoms with van der Waals surface area (Å²) in [5.74, 6) is -1.53. The molecule has 0 aliphatic rings. The number of aromatic hydroxyl groups is 1. The van der Waals surface area contributed by atoms with Crippen molar-refractivity contribution in [3.8, 4) is 5.75 Å². The number of carbonyl (C=O) groups is 2. The Kier molecular flexibility index (Phi) is 4.90. The smallest absolute Gasteiger partial charge is 0.316 e. The van der Waals surface area contributed by atoms with Crippen molar-refractivity contribution in [2.75, 3.05) is 17.3 Å². The van der Waals surface area contributed by atoms with Gasteiger partial charge in [0, 0.05) is 17.8 Å². The zero-order valence-corrected chi connectivity index (χ0v) is 13.0. The van der Waals surface area contributed by atoms with E-state index in [0.717, 1.165) is 0 Å². The van der Waals surface area contributed by atoms with Crippen LogP contribution in [0.25, 0.3) is 0 Å². The second-order valence-electron chi connectivity index (χ2n) is 4.46. The average Bonchev–Trinajstić information content (AvgIpc) is 2.49. The fourth-order valence-corrected chi connectivity index (χ4v) is 2.17. The second-order valence-corrected chi connectivity index (χ2v) is 5.30. The fourth-order valence-electron chi connectivity index (χ4n) is 1.71. The molecule has 0 aliphatic heterocycles. The topological polar surface area (TPSA) is 69.6 Å². The van der Waals surface area contributed by atoms with Crippen molar-refractivity contribution in [3.05, 3.63) is 52.5 Å². The molecule has 114 valence electrons. The molecule has 0 atom stereocenters. The van der Waals surface area contributed by atoms with Gasteiger partial charge in [-0.1, -0.05) is 23.2 Å². The van der Waals surface area contributed by atoms with Gasteiger partial charge in [-0.25, -0.2) is 0 Å². The molecule has 2 rings (SSSR count). The Morgan fingerprint density at radius 3 is 2.32 bits per heavy atom. The van der Waals surface area contributed by atoms with Gasteiger partial charge >= 0.3 is 11.8 Å². The van der Waals surface area contributed by atoms with Crippen LogP contribution in [0.3, 0.4) is 0 Å². The van der Waals surface area contributed by atoms with Crippen LogP contribution in [0.15, 0.2) is 42.5 Å². The van der Waals surface area contributed by atoms with Crippen LogP contribution in [0.5, 0.6) is 5.75 Å². The van der Waals surface area contributed by atoms with Crippen molar-refractivity contribution < 1.29 is 14.7 Å². The number of benzene rings is 2. The second kappa shape index (κ2) is 6.68. The lowest BCUT2D eigenvalue weighted by molar-refractivity contribution is -0.134. The van der Waals surface area contributed by atoms with E-state index in [1.807, 2.05) is 0 Å². The number of halogens is 2. The molecule has 0 radical (unpaired) electrons. The molecule has 0 fully saturated rings. The van der Waals surface area contributed by atoms with Crippen LogP contribution < -0.4 is 10.2 Å². The number of nitrogens with zero attached hydrogens (tertiary/aromatic N) is 1. The van der Waals surface area contributed by atoms with Gasteiger partial charge in [0.2, 0.25) is 0 Å². The van der Waals surface area contributed by atoms with Crippen molar-refractivity contribution in [2.24, 2.45) is 0 Å². The molecule has 2 aromatic rings. The molecule has 7 heteroatoms. The van der Waals surface area contributed by atoms with E-state index < -0.39 is 11.8 Å². The number of anilines is 2. The first-order chi connectivity index (χ1) is 10.4. The summed E-state index contributed by atoms with van der Waals surface area (Å²) in [6.45, 7) is 0. The lowest BCUT2D eigenvalue weighted by atomic mass is 10.2. The number of carbonyl (C=O) groups excluding carboxylic acids is 2. The van der Waals surface area contributed by atoms with E-state index in [1.165, 1.54) is 48.3 Å². The molecule has 0 aliphatic carbocycles. The number of hydrogen-bond acceptors (Lipinski definition) is 3. The van der Waals surface area contributed by atoms with Crippen LogP contribution in [0.1, 0.15) is 0 Å². The Morgan fingerprint density at radius 1 is 1.09 bits per heavy atom. The molecule has 2 N–H and O–H groups in total. The predicted octanol–water partition coefficient (Wildman–Crippen LogP) is 3.30. The quantitative estimate of drug-likeness (QED) is 0.825. The maximum atomic E-state index is 12.1. The van der Waals surface area contributed by atoms with E-state index in [2.05, 4.69) is 5.32 Å². The van der Waals surface area contributed by atoms with E-state index in [0.29, 0.717) is 16.4 Å². The number of hydrogen-bond donors (Lipinski definition) is 2. The normalized spacial score (nSPS) is 10.1. The largest absolute Gasteiger partial charge is 0.508 e. The summed E-state index contributed by atoms with van der Waals surface area (Å²) in [6, 6.07) is 10.4. The highest BCUT2D eigenvalue weighted by Crippen LogP contribution is 2.25. The van der Waals surface area contributed by atoms with Gasteiger partial charge in [-0.15, -0.1) is 0 Å². The van der Waals surface area contributed by atoms with Gasteiger partial charge < -0.3 is 15.3 Å². The zero-order chi connectivity index (χ0) is 16.3. The number of phenolic OH excluding ortho intramolecular Hbond substituents is 1. The number of rotatable bonds is 2. The lowest BCUT2D eigenvalue weighted by Gasteiger charge is -2.17. The van der Waals surface area contributed by atoms with E-state index in [1.54, 1.807) is 6.07 Å². The van der Waals surface area contributed by atoms with Crippen LogP contribution in [-0.2, 0) is 9.59 Å².